The molecule has 188 valence electrons. The average molecular weight is 490 g/mol. The van der Waals surface area contributed by atoms with Crippen molar-refractivity contribution >= 4 is 11.6 Å². The third-order valence-electron chi connectivity index (χ3n) is 5.64. The van der Waals surface area contributed by atoms with Crippen LogP contribution in [0.25, 0.3) is 0 Å². The lowest BCUT2D eigenvalue weighted by atomic mass is 10.1. The largest absolute Gasteiger partial charge is 0.494 e. The van der Waals surface area contributed by atoms with E-state index in [9.17, 15) is 8.78 Å². The van der Waals surface area contributed by atoms with E-state index in [1.54, 1.807) is 6.20 Å². The summed E-state index contributed by atoms with van der Waals surface area (Å²) in [6.45, 7) is 5.74. The van der Waals surface area contributed by atoms with Crippen LogP contribution in [0, 0.1) is 11.6 Å². The Kier molecular flexibility index (Phi) is 8.27. The Morgan fingerprint density at radius 1 is 1.00 bits per heavy atom. The lowest BCUT2D eigenvalue weighted by Gasteiger charge is -2.26. The number of anilines is 2. The number of ether oxygens (including phenoxy) is 3. The van der Waals surface area contributed by atoms with Crippen LogP contribution >= 0.6 is 0 Å². The molecule has 10 nitrogen and oxygen atoms in total. The van der Waals surface area contributed by atoms with Crippen LogP contribution in [-0.4, -0.2) is 71.6 Å². The number of hydrogen-bond donors (Lipinski definition) is 2. The number of rotatable bonds is 11. The van der Waals surface area contributed by atoms with Crippen LogP contribution in [0.1, 0.15) is 12.0 Å². The van der Waals surface area contributed by atoms with Crippen molar-refractivity contribution in [3.05, 3.63) is 48.1 Å². The van der Waals surface area contributed by atoms with Gasteiger partial charge in [0, 0.05) is 45.0 Å². The first-order valence-electron chi connectivity index (χ1n) is 11.3. The average Bonchev–Trinajstić information content (AvgIpc) is 3.33. The van der Waals surface area contributed by atoms with E-state index >= 15 is 0 Å². The highest BCUT2D eigenvalue weighted by molar-refractivity contribution is 5.50. The van der Waals surface area contributed by atoms with E-state index in [4.69, 9.17) is 14.2 Å². The minimum atomic E-state index is -0.852. The van der Waals surface area contributed by atoms with Crippen molar-refractivity contribution in [2.75, 3.05) is 52.3 Å². The first kappa shape index (κ1) is 24.6. The van der Waals surface area contributed by atoms with Gasteiger partial charge >= 0.3 is 0 Å². The minimum Gasteiger partial charge on any atom is -0.494 e. The van der Waals surface area contributed by atoms with Gasteiger partial charge in [-0.1, -0.05) is 0 Å². The molecule has 1 aliphatic rings. The van der Waals surface area contributed by atoms with Gasteiger partial charge in [0.25, 0.3) is 0 Å². The molecule has 0 spiro atoms. The van der Waals surface area contributed by atoms with Crippen molar-refractivity contribution in [3.63, 3.8) is 0 Å². The molecular formula is C23H29F2N7O3. The number of nitrogens with zero attached hydrogens (tertiary/aromatic N) is 5. The molecule has 35 heavy (non-hydrogen) atoms. The molecule has 1 aromatic carbocycles. The van der Waals surface area contributed by atoms with Gasteiger partial charge in [-0.3, -0.25) is 4.68 Å². The van der Waals surface area contributed by atoms with E-state index in [1.165, 1.54) is 26.6 Å². The van der Waals surface area contributed by atoms with Crippen LogP contribution < -0.4 is 24.8 Å². The Hall–Kier alpha value is -3.51. The summed E-state index contributed by atoms with van der Waals surface area (Å²) in [5.74, 6) is -1.38. The van der Waals surface area contributed by atoms with Crippen LogP contribution in [-0.2, 0) is 13.2 Å². The quantitative estimate of drug-likeness (QED) is 0.421. The van der Waals surface area contributed by atoms with Gasteiger partial charge in [-0.05, 0) is 13.0 Å². The van der Waals surface area contributed by atoms with E-state index in [0.717, 1.165) is 57.4 Å². The van der Waals surface area contributed by atoms with Gasteiger partial charge in [-0.15, -0.1) is 0 Å². The molecule has 2 N–H and O–H groups in total. The molecule has 0 bridgehead atoms. The molecule has 0 atom stereocenters. The molecule has 2 aromatic heterocycles. The summed E-state index contributed by atoms with van der Waals surface area (Å²) in [7, 11) is 2.58. The standard InChI is InChI=1S/C23H29F2N7O3/c1-33-19-10-20(34-2)22(25)18(21(19)24)15-35-17-12-27-23(28-13-17)30-16-11-29-32(14-16)7-3-6-31-8-4-26-5-9-31/h10-14,26H,3-9,15H2,1-2H3,(H,27,28,30). The fourth-order valence-corrected chi connectivity index (χ4v) is 3.74. The van der Waals surface area contributed by atoms with Gasteiger partial charge in [0.2, 0.25) is 5.95 Å². The fourth-order valence-electron chi connectivity index (χ4n) is 3.74. The molecule has 0 radical (unpaired) electrons. The Bertz CT molecular complexity index is 1080. The maximum Gasteiger partial charge on any atom is 0.227 e. The number of halogens is 2. The number of methoxy groups -OCH3 is 2. The second-order valence-corrected chi connectivity index (χ2v) is 7.98. The summed E-state index contributed by atoms with van der Waals surface area (Å²) in [5.41, 5.74) is 0.446. The zero-order valence-electron chi connectivity index (χ0n) is 19.8. The molecule has 1 aliphatic heterocycles. The van der Waals surface area contributed by atoms with Crippen molar-refractivity contribution in [2.24, 2.45) is 0 Å². The molecule has 4 rings (SSSR count). The van der Waals surface area contributed by atoms with Gasteiger partial charge in [-0.25, -0.2) is 18.7 Å². The van der Waals surface area contributed by atoms with E-state index in [0.29, 0.717) is 5.95 Å². The number of piperazine rings is 1. The van der Waals surface area contributed by atoms with E-state index in [-0.39, 0.29) is 29.4 Å². The van der Waals surface area contributed by atoms with Crippen LogP contribution in [0.2, 0.25) is 0 Å². The lowest BCUT2D eigenvalue weighted by Crippen LogP contribution is -2.43. The number of nitrogens with one attached hydrogen (secondary N) is 2. The predicted molar refractivity (Wildman–Crippen MR) is 125 cm³/mol. The highest BCUT2D eigenvalue weighted by Crippen LogP contribution is 2.32. The van der Waals surface area contributed by atoms with Gasteiger partial charge in [0.05, 0.1) is 44.1 Å². The molecule has 0 aliphatic carbocycles. The highest BCUT2D eigenvalue weighted by atomic mass is 19.1. The molecule has 3 aromatic rings. The molecule has 1 fully saturated rings. The third-order valence-corrected chi connectivity index (χ3v) is 5.64. The number of aromatic nitrogens is 4. The van der Waals surface area contributed by atoms with Crippen molar-refractivity contribution in [1.29, 1.82) is 0 Å². The zero-order valence-corrected chi connectivity index (χ0v) is 19.8. The lowest BCUT2D eigenvalue weighted by molar-refractivity contribution is 0.233. The smallest absolute Gasteiger partial charge is 0.227 e. The molecule has 0 saturated carbocycles. The third kappa shape index (κ3) is 6.34. The van der Waals surface area contributed by atoms with Crippen LogP contribution in [0.3, 0.4) is 0 Å². The topological polar surface area (TPSA) is 98.6 Å². The molecule has 1 saturated heterocycles. The summed E-state index contributed by atoms with van der Waals surface area (Å²) in [5, 5.41) is 10.8. The summed E-state index contributed by atoms with van der Waals surface area (Å²) in [6.07, 6.45) is 7.46. The maximum absolute atomic E-state index is 14.5. The number of aryl methyl sites for hydroxylation is 1. The first-order chi connectivity index (χ1) is 17.1. The summed E-state index contributed by atoms with van der Waals surface area (Å²) >= 11 is 0. The van der Waals surface area contributed by atoms with E-state index < -0.39 is 11.6 Å². The van der Waals surface area contributed by atoms with Crippen LogP contribution in [0.5, 0.6) is 17.2 Å². The molecule has 3 heterocycles. The van der Waals surface area contributed by atoms with Crippen molar-refractivity contribution in [2.45, 2.75) is 19.6 Å². The van der Waals surface area contributed by atoms with E-state index in [1.807, 2.05) is 10.9 Å². The molecule has 12 heteroatoms. The summed E-state index contributed by atoms with van der Waals surface area (Å²) in [4.78, 5) is 10.8. The second kappa shape index (κ2) is 11.8. The normalized spacial score (nSPS) is 14.1. The monoisotopic (exact) mass is 489 g/mol. The fraction of sp³-hybridized carbons (Fsp3) is 0.435. The van der Waals surface area contributed by atoms with Crippen molar-refractivity contribution in [1.82, 2.24) is 30.0 Å². The zero-order chi connectivity index (χ0) is 24.6. The van der Waals surface area contributed by atoms with Gasteiger partial charge in [0.1, 0.15) is 6.61 Å². The van der Waals surface area contributed by atoms with Gasteiger partial charge in [-0.2, -0.15) is 5.10 Å². The molecule has 0 unspecified atom stereocenters. The molecular weight excluding hydrogens is 460 g/mol. The van der Waals surface area contributed by atoms with Crippen molar-refractivity contribution in [3.8, 4) is 17.2 Å². The maximum atomic E-state index is 14.5. The Morgan fingerprint density at radius 3 is 2.34 bits per heavy atom. The first-order valence-corrected chi connectivity index (χ1v) is 11.3. The summed E-state index contributed by atoms with van der Waals surface area (Å²) in [6, 6.07) is 1.15. The Balaban J connectivity index is 1.29. The van der Waals surface area contributed by atoms with E-state index in [2.05, 4.69) is 30.6 Å². The minimum absolute atomic E-state index is 0.137. The summed E-state index contributed by atoms with van der Waals surface area (Å²) < 4.78 is 46.2. The Labute approximate surface area is 202 Å². The number of hydrogen-bond acceptors (Lipinski definition) is 9. The van der Waals surface area contributed by atoms with Crippen LogP contribution in [0.15, 0.2) is 30.9 Å². The molecule has 0 amide bonds. The second-order valence-electron chi connectivity index (χ2n) is 7.98. The Morgan fingerprint density at radius 2 is 1.69 bits per heavy atom. The highest BCUT2D eigenvalue weighted by Gasteiger charge is 2.20. The van der Waals surface area contributed by atoms with Gasteiger partial charge in [0.15, 0.2) is 28.9 Å². The predicted octanol–water partition coefficient (Wildman–Crippen LogP) is 2.59. The van der Waals surface area contributed by atoms with Crippen LogP contribution in [0.4, 0.5) is 20.4 Å². The van der Waals surface area contributed by atoms with Gasteiger partial charge < -0.3 is 29.7 Å². The van der Waals surface area contributed by atoms with Crippen molar-refractivity contribution < 1.29 is 23.0 Å². The SMILES string of the molecule is COc1cc(OC)c(F)c(COc2cnc(Nc3cnn(CCCN4CCNCC4)c3)nc2)c1F. The number of benzene rings is 1.